The van der Waals surface area contributed by atoms with Crippen molar-refractivity contribution < 1.29 is 32.0 Å². The minimum absolute atomic E-state index is 0.0474. The van der Waals surface area contributed by atoms with E-state index in [1.807, 2.05) is 0 Å². The molecule has 1 aromatic carbocycles. The number of ether oxygens (including phenoxy) is 1. The minimum atomic E-state index is -4.62. The molecule has 4 nitrogen and oxygen atoms in total. The second kappa shape index (κ2) is 8.22. The Hall–Kier alpha value is -0.870. The number of alkyl halides is 3. The highest BCUT2D eigenvalue weighted by atomic mass is 32.2. The Morgan fingerprint density at radius 1 is 1.20 bits per heavy atom. The molecule has 1 unspecified atom stereocenters. The van der Waals surface area contributed by atoms with Gasteiger partial charge in [0.15, 0.2) is 0 Å². The predicted molar refractivity (Wildman–Crippen MR) is 87.7 cm³/mol. The van der Waals surface area contributed by atoms with Crippen molar-refractivity contribution in [3.05, 3.63) is 35.6 Å². The van der Waals surface area contributed by atoms with E-state index in [9.17, 15) is 27.2 Å². The van der Waals surface area contributed by atoms with Gasteiger partial charge in [-0.2, -0.15) is 13.2 Å². The Morgan fingerprint density at radius 3 is 2.20 bits per heavy atom. The summed E-state index contributed by atoms with van der Waals surface area (Å²) in [7, 11) is 0. The van der Waals surface area contributed by atoms with Crippen LogP contribution in [0.4, 0.5) is 17.6 Å². The van der Waals surface area contributed by atoms with Gasteiger partial charge < -0.3 is 14.4 Å². The van der Waals surface area contributed by atoms with Crippen molar-refractivity contribution >= 4 is 11.4 Å². The number of hydrogen-bond acceptors (Lipinski definition) is 4. The summed E-state index contributed by atoms with van der Waals surface area (Å²) in [6, 6.07) is 5.40. The van der Waals surface area contributed by atoms with E-state index in [1.165, 1.54) is 25.1 Å². The van der Waals surface area contributed by atoms with E-state index < -0.39 is 53.0 Å². The molecule has 0 amide bonds. The minimum Gasteiger partial charge on any atom is -0.598 e. The van der Waals surface area contributed by atoms with Gasteiger partial charge in [-0.15, -0.1) is 4.72 Å². The highest BCUT2D eigenvalue weighted by Gasteiger charge is 2.46. The SMILES string of the molecule is CC(C)(C)[S@@+]([O-])N[C@](C)(c1ccccc1F)C(CO)OCC(F)(F)F. The van der Waals surface area contributed by atoms with Crippen LogP contribution in [-0.2, 0) is 21.6 Å². The van der Waals surface area contributed by atoms with E-state index in [0.29, 0.717) is 0 Å². The Bertz CT molecular complexity index is 565. The first-order valence-electron chi connectivity index (χ1n) is 7.55. The molecule has 0 aliphatic carbocycles. The molecular formula is C16H23F4NO3S. The maximum Gasteiger partial charge on any atom is 0.411 e. The summed E-state index contributed by atoms with van der Waals surface area (Å²) in [5.74, 6) is -0.711. The topological polar surface area (TPSA) is 64.5 Å². The number of halogens is 4. The summed E-state index contributed by atoms with van der Waals surface area (Å²) in [6.07, 6.45) is -6.09. The number of benzene rings is 1. The number of aliphatic hydroxyl groups is 1. The average molecular weight is 385 g/mol. The van der Waals surface area contributed by atoms with Crippen LogP contribution >= 0.6 is 0 Å². The maximum absolute atomic E-state index is 14.3. The molecule has 0 heterocycles. The number of hydrogen-bond donors (Lipinski definition) is 2. The van der Waals surface area contributed by atoms with Crippen molar-refractivity contribution in [3.63, 3.8) is 0 Å². The van der Waals surface area contributed by atoms with Gasteiger partial charge >= 0.3 is 6.18 Å². The number of aliphatic hydroxyl groups excluding tert-OH is 1. The van der Waals surface area contributed by atoms with E-state index in [4.69, 9.17) is 4.74 Å². The van der Waals surface area contributed by atoms with Crippen LogP contribution in [-0.4, -0.2) is 39.9 Å². The molecular weight excluding hydrogens is 362 g/mol. The third-order valence-corrected chi connectivity index (χ3v) is 5.27. The van der Waals surface area contributed by atoms with Crippen molar-refractivity contribution in [1.29, 1.82) is 0 Å². The van der Waals surface area contributed by atoms with Crippen LogP contribution in [0.25, 0.3) is 0 Å². The molecule has 0 saturated heterocycles. The second-order valence-corrected chi connectivity index (χ2v) is 8.73. The third-order valence-electron chi connectivity index (χ3n) is 3.55. The molecule has 1 aromatic rings. The Labute approximate surface area is 147 Å². The third kappa shape index (κ3) is 6.10. The summed E-state index contributed by atoms with van der Waals surface area (Å²) < 4.78 is 71.0. The molecule has 144 valence electrons. The van der Waals surface area contributed by atoms with Crippen LogP contribution in [0.1, 0.15) is 33.3 Å². The molecule has 0 fully saturated rings. The standard InChI is InChI=1S/C16H23F4NO3S/c1-14(2,3)25(23)21-15(4,11-7-5-6-8-12(11)17)13(9-22)24-10-16(18,19)20/h5-8,13,21-22H,9-10H2,1-4H3/t13?,15-,25-/m1/s1. The van der Waals surface area contributed by atoms with Crippen LogP contribution in [0.15, 0.2) is 24.3 Å². The van der Waals surface area contributed by atoms with Gasteiger partial charge in [-0.1, -0.05) is 18.2 Å². The first kappa shape index (κ1) is 22.2. The first-order valence-corrected chi connectivity index (χ1v) is 8.70. The zero-order chi connectivity index (χ0) is 19.5. The lowest BCUT2D eigenvalue weighted by atomic mass is 9.87. The van der Waals surface area contributed by atoms with Crippen LogP contribution in [0.5, 0.6) is 0 Å². The largest absolute Gasteiger partial charge is 0.598 e. The molecule has 25 heavy (non-hydrogen) atoms. The van der Waals surface area contributed by atoms with Gasteiger partial charge in [0.1, 0.15) is 28.8 Å². The monoisotopic (exact) mass is 385 g/mol. The van der Waals surface area contributed by atoms with E-state index in [2.05, 4.69) is 4.72 Å². The van der Waals surface area contributed by atoms with Gasteiger partial charge in [-0.3, -0.25) is 0 Å². The van der Waals surface area contributed by atoms with E-state index in [1.54, 1.807) is 20.8 Å². The lowest BCUT2D eigenvalue weighted by Gasteiger charge is -2.39. The van der Waals surface area contributed by atoms with E-state index in [0.717, 1.165) is 6.07 Å². The van der Waals surface area contributed by atoms with Gasteiger partial charge in [0, 0.05) is 16.9 Å². The van der Waals surface area contributed by atoms with Crippen molar-refractivity contribution in [2.24, 2.45) is 0 Å². The molecule has 2 N–H and O–H groups in total. The average Bonchev–Trinajstić information content (AvgIpc) is 2.45. The fourth-order valence-electron chi connectivity index (χ4n) is 2.12. The molecule has 0 aromatic heterocycles. The van der Waals surface area contributed by atoms with Crippen molar-refractivity contribution in [3.8, 4) is 0 Å². The maximum atomic E-state index is 14.3. The van der Waals surface area contributed by atoms with Crippen LogP contribution in [0.3, 0.4) is 0 Å². The zero-order valence-corrected chi connectivity index (χ0v) is 15.3. The molecule has 9 heteroatoms. The molecule has 0 spiro atoms. The molecule has 0 aliphatic rings. The van der Waals surface area contributed by atoms with Gasteiger partial charge in [0.2, 0.25) is 0 Å². The lowest BCUT2D eigenvalue weighted by molar-refractivity contribution is -0.196. The Kier molecular flexibility index (Phi) is 7.29. The van der Waals surface area contributed by atoms with Gasteiger partial charge in [-0.25, -0.2) is 4.39 Å². The van der Waals surface area contributed by atoms with E-state index >= 15 is 0 Å². The van der Waals surface area contributed by atoms with Crippen LogP contribution in [0, 0.1) is 5.82 Å². The van der Waals surface area contributed by atoms with Gasteiger partial charge in [0.05, 0.1) is 6.61 Å². The summed E-state index contributed by atoms with van der Waals surface area (Å²) >= 11 is -1.75. The fraction of sp³-hybridized carbons (Fsp3) is 0.625. The molecule has 1 rings (SSSR count). The van der Waals surface area contributed by atoms with Crippen molar-refractivity contribution in [2.75, 3.05) is 13.2 Å². The highest BCUT2D eigenvalue weighted by molar-refractivity contribution is 7.90. The molecule has 0 radical (unpaired) electrons. The quantitative estimate of drug-likeness (QED) is 0.559. The van der Waals surface area contributed by atoms with Crippen molar-refractivity contribution in [2.45, 2.75) is 50.3 Å². The summed E-state index contributed by atoms with van der Waals surface area (Å²) in [5, 5.41) is 9.57. The summed E-state index contributed by atoms with van der Waals surface area (Å²) in [6.45, 7) is 3.88. The zero-order valence-electron chi connectivity index (χ0n) is 14.5. The Balaban J connectivity index is 3.28. The number of rotatable bonds is 7. The normalized spacial score (nSPS) is 17.8. The fourth-order valence-corrected chi connectivity index (χ4v) is 3.05. The van der Waals surface area contributed by atoms with Gasteiger partial charge in [0.25, 0.3) is 0 Å². The van der Waals surface area contributed by atoms with Crippen LogP contribution in [0.2, 0.25) is 0 Å². The molecule has 3 atom stereocenters. The number of nitrogens with one attached hydrogen (secondary N) is 1. The summed E-state index contributed by atoms with van der Waals surface area (Å²) in [5.41, 5.74) is -1.70. The van der Waals surface area contributed by atoms with Gasteiger partial charge in [-0.05, 0) is 33.8 Å². The van der Waals surface area contributed by atoms with Crippen LogP contribution < -0.4 is 4.72 Å². The highest BCUT2D eigenvalue weighted by Crippen LogP contribution is 2.33. The van der Waals surface area contributed by atoms with E-state index in [-0.39, 0.29) is 5.56 Å². The summed E-state index contributed by atoms with van der Waals surface area (Å²) in [4.78, 5) is 0. The predicted octanol–water partition coefficient (Wildman–Crippen LogP) is 3.03. The lowest BCUT2D eigenvalue weighted by Crippen LogP contribution is -2.58. The first-order chi connectivity index (χ1) is 11.3. The Morgan fingerprint density at radius 2 is 1.76 bits per heavy atom. The second-order valence-electron chi connectivity index (χ2n) is 6.76. The van der Waals surface area contributed by atoms with Crippen molar-refractivity contribution in [1.82, 2.24) is 4.72 Å². The molecule has 0 bridgehead atoms. The molecule has 0 aliphatic heterocycles. The molecule has 0 saturated carbocycles. The smallest absolute Gasteiger partial charge is 0.411 e.